The molecule has 2 aromatic rings. The molecule has 1 aliphatic heterocycles. The number of aliphatic hydroxyl groups is 4. The lowest BCUT2D eigenvalue weighted by Gasteiger charge is -2.41. The second-order valence-corrected chi connectivity index (χ2v) is 6.33. The first-order valence-corrected chi connectivity index (χ1v) is 8.79. The van der Waals surface area contributed by atoms with Gasteiger partial charge in [-0.25, -0.2) is 4.79 Å². The molecule has 5 atom stereocenters. The molecule has 8 nitrogen and oxygen atoms in total. The zero-order valence-electron chi connectivity index (χ0n) is 14.9. The summed E-state index contributed by atoms with van der Waals surface area (Å²) >= 11 is 0. The fraction of sp³-hybridized carbons (Fsp3) is 0.350. The van der Waals surface area contributed by atoms with Gasteiger partial charge in [-0.15, -0.1) is 0 Å². The Morgan fingerprint density at radius 3 is 2.32 bits per heavy atom. The number of hydrogen-bond donors (Lipinski definition) is 4. The maximum Gasteiger partial charge on any atom is 0.338 e. The second kappa shape index (κ2) is 9.13. The zero-order valence-corrected chi connectivity index (χ0v) is 14.9. The molecule has 8 heteroatoms. The maximum absolute atomic E-state index is 12.3. The summed E-state index contributed by atoms with van der Waals surface area (Å²) in [4.78, 5) is 12.3. The van der Waals surface area contributed by atoms with Crippen LogP contribution in [-0.4, -0.2) is 63.7 Å². The molecular formula is C20H22O8. The van der Waals surface area contributed by atoms with E-state index < -0.39 is 43.3 Å². The molecule has 3 rings (SSSR count). The Balaban J connectivity index is 1.80. The van der Waals surface area contributed by atoms with E-state index in [0.29, 0.717) is 5.56 Å². The summed E-state index contributed by atoms with van der Waals surface area (Å²) in [6, 6.07) is 14.7. The van der Waals surface area contributed by atoms with E-state index in [2.05, 4.69) is 0 Å². The summed E-state index contributed by atoms with van der Waals surface area (Å²) < 4.78 is 16.4. The van der Waals surface area contributed by atoms with E-state index in [9.17, 15) is 25.2 Å². The molecule has 1 heterocycles. The molecule has 4 N–H and O–H groups in total. The number of carbonyl (C=O) groups is 1. The molecule has 0 saturated carbocycles. The van der Waals surface area contributed by atoms with Gasteiger partial charge in [-0.3, -0.25) is 0 Å². The largest absolute Gasteiger partial charge is 0.462 e. The molecule has 5 unspecified atom stereocenters. The summed E-state index contributed by atoms with van der Waals surface area (Å²) in [7, 11) is 0. The highest BCUT2D eigenvalue weighted by Gasteiger charge is 2.48. The number of carbonyl (C=O) groups excluding carboxylic acids is 1. The predicted molar refractivity (Wildman–Crippen MR) is 96.4 cm³/mol. The van der Waals surface area contributed by atoms with Crippen LogP contribution in [0.2, 0.25) is 0 Å². The average Bonchev–Trinajstić information content (AvgIpc) is 2.74. The molecule has 28 heavy (non-hydrogen) atoms. The van der Waals surface area contributed by atoms with E-state index in [0.717, 1.165) is 0 Å². The van der Waals surface area contributed by atoms with E-state index >= 15 is 0 Å². The molecule has 0 aliphatic carbocycles. The van der Waals surface area contributed by atoms with Crippen molar-refractivity contribution >= 4 is 5.97 Å². The number of hydrogen-bond acceptors (Lipinski definition) is 8. The third-order valence-electron chi connectivity index (χ3n) is 4.46. The molecule has 0 bridgehead atoms. The summed E-state index contributed by atoms with van der Waals surface area (Å²) in [5.74, 6) is -0.480. The number of ether oxygens (including phenoxy) is 3. The molecule has 0 radical (unpaired) electrons. The minimum atomic E-state index is -1.53. The van der Waals surface area contributed by atoms with Crippen LogP contribution in [0.5, 0.6) is 5.75 Å². The Morgan fingerprint density at radius 2 is 1.64 bits per heavy atom. The lowest BCUT2D eigenvalue weighted by molar-refractivity contribution is -0.277. The van der Waals surface area contributed by atoms with Gasteiger partial charge in [0.1, 0.15) is 18.0 Å². The molecule has 0 spiro atoms. The number of para-hydroxylation sites is 1. The normalized spacial score (nSPS) is 27.2. The summed E-state index contributed by atoms with van der Waals surface area (Å²) in [5.41, 5.74) is 0.708. The van der Waals surface area contributed by atoms with Gasteiger partial charge in [0.05, 0.1) is 18.8 Å². The summed E-state index contributed by atoms with van der Waals surface area (Å²) in [6.07, 6.45) is -6.84. The Hall–Kier alpha value is -2.49. The van der Waals surface area contributed by atoms with Crippen molar-refractivity contribution in [2.45, 2.75) is 37.3 Å². The van der Waals surface area contributed by atoms with Gasteiger partial charge in [0.15, 0.2) is 12.2 Å². The number of benzene rings is 2. The second-order valence-electron chi connectivity index (χ2n) is 6.33. The molecule has 1 fully saturated rings. The fourth-order valence-corrected chi connectivity index (χ4v) is 2.93. The summed E-state index contributed by atoms with van der Waals surface area (Å²) in [5, 5.41) is 39.9. The first-order valence-electron chi connectivity index (χ1n) is 8.79. The topological polar surface area (TPSA) is 126 Å². The van der Waals surface area contributed by atoms with Crippen molar-refractivity contribution in [3.05, 3.63) is 65.7 Å². The number of rotatable bonds is 6. The standard InChI is InChI=1S/C20H22O8/c21-10-13-8-4-5-9-14(13)26-20-17(24)18(16(23)15(11-22)27-20)28-19(25)12-6-2-1-3-7-12/h1-9,15-18,20-24H,10-11H2. The van der Waals surface area contributed by atoms with Gasteiger partial charge in [0, 0.05) is 5.56 Å². The van der Waals surface area contributed by atoms with Gasteiger partial charge in [-0.05, 0) is 18.2 Å². The van der Waals surface area contributed by atoms with E-state index in [4.69, 9.17) is 14.2 Å². The molecular weight excluding hydrogens is 368 g/mol. The lowest BCUT2D eigenvalue weighted by Crippen LogP contribution is -2.61. The van der Waals surface area contributed by atoms with Gasteiger partial charge in [-0.2, -0.15) is 0 Å². The van der Waals surface area contributed by atoms with Crippen LogP contribution < -0.4 is 4.74 Å². The van der Waals surface area contributed by atoms with Crippen LogP contribution in [0.1, 0.15) is 15.9 Å². The SMILES string of the molecule is O=C(OC1C(O)C(CO)OC(Oc2ccccc2CO)C1O)c1ccccc1. The van der Waals surface area contributed by atoms with Gasteiger partial charge in [0.25, 0.3) is 0 Å². The van der Waals surface area contributed by atoms with Crippen molar-refractivity contribution in [1.29, 1.82) is 0 Å². The molecule has 2 aromatic carbocycles. The van der Waals surface area contributed by atoms with Crippen molar-refractivity contribution < 1.29 is 39.4 Å². The van der Waals surface area contributed by atoms with Crippen molar-refractivity contribution in [2.24, 2.45) is 0 Å². The molecule has 0 amide bonds. The average molecular weight is 390 g/mol. The van der Waals surface area contributed by atoms with Crippen LogP contribution in [-0.2, 0) is 16.1 Å². The Labute approximate surface area is 161 Å². The van der Waals surface area contributed by atoms with Crippen LogP contribution in [0.3, 0.4) is 0 Å². The highest BCUT2D eigenvalue weighted by molar-refractivity contribution is 5.89. The maximum atomic E-state index is 12.3. The zero-order chi connectivity index (χ0) is 20.1. The first kappa shape index (κ1) is 20.2. The minimum absolute atomic E-state index is 0.247. The molecule has 150 valence electrons. The Morgan fingerprint density at radius 1 is 0.964 bits per heavy atom. The van der Waals surface area contributed by atoms with Gasteiger partial charge in [-0.1, -0.05) is 36.4 Å². The number of aliphatic hydroxyl groups excluding tert-OH is 4. The van der Waals surface area contributed by atoms with Crippen LogP contribution in [0.4, 0.5) is 0 Å². The molecule has 0 aromatic heterocycles. The highest BCUT2D eigenvalue weighted by atomic mass is 16.7. The highest BCUT2D eigenvalue weighted by Crippen LogP contribution is 2.28. The third-order valence-corrected chi connectivity index (χ3v) is 4.46. The van der Waals surface area contributed by atoms with E-state index in [1.807, 2.05) is 0 Å². The monoisotopic (exact) mass is 390 g/mol. The third kappa shape index (κ3) is 4.32. The van der Waals surface area contributed by atoms with Crippen LogP contribution in [0.15, 0.2) is 54.6 Å². The van der Waals surface area contributed by atoms with Gasteiger partial charge < -0.3 is 34.6 Å². The van der Waals surface area contributed by atoms with E-state index in [1.54, 1.807) is 42.5 Å². The smallest absolute Gasteiger partial charge is 0.338 e. The van der Waals surface area contributed by atoms with Crippen molar-refractivity contribution in [3.63, 3.8) is 0 Å². The Kier molecular flexibility index (Phi) is 6.61. The predicted octanol–water partition coefficient (Wildman–Crippen LogP) is 0.222. The van der Waals surface area contributed by atoms with Gasteiger partial charge >= 0.3 is 5.97 Å². The quantitative estimate of drug-likeness (QED) is 0.516. The molecule has 1 aliphatic rings. The summed E-state index contributed by atoms with van der Waals surface area (Å²) in [6.45, 7) is -0.869. The first-order chi connectivity index (χ1) is 13.5. The van der Waals surface area contributed by atoms with Crippen molar-refractivity contribution in [3.8, 4) is 5.75 Å². The lowest BCUT2D eigenvalue weighted by atomic mass is 9.98. The minimum Gasteiger partial charge on any atom is -0.462 e. The van der Waals surface area contributed by atoms with Crippen LogP contribution in [0, 0.1) is 0 Å². The van der Waals surface area contributed by atoms with E-state index in [-0.39, 0.29) is 17.9 Å². The molecule has 1 saturated heterocycles. The van der Waals surface area contributed by atoms with Crippen molar-refractivity contribution in [1.82, 2.24) is 0 Å². The number of esters is 1. The van der Waals surface area contributed by atoms with Crippen LogP contribution >= 0.6 is 0 Å². The van der Waals surface area contributed by atoms with Crippen LogP contribution in [0.25, 0.3) is 0 Å². The van der Waals surface area contributed by atoms with Gasteiger partial charge in [0.2, 0.25) is 6.29 Å². The van der Waals surface area contributed by atoms with Crippen molar-refractivity contribution in [2.75, 3.05) is 6.61 Å². The van der Waals surface area contributed by atoms with E-state index in [1.165, 1.54) is 12.1 Å². The fourth-order valence-electron chi connectivity index (χ4n) is 2.93. The Bertz CT molecular complexity index is 781.